The zero-order valence-electron chi connectivity index (χ0n) is 12.3. The molecule has 1 saturated heterocycles. The third-order valence-corrected chi connectivity index (χ3v) is 3.72. The lowest BCUT2D eigenvalue weighted by atomic mass is 10.1. The lowest BCUT2D eigenvalue weighted by Gasteiger charge is -2.22. The van der Waals surface area contributed by atoms with E-state index in [4.69, 9.17) is 15.2 Å². The van der Waals surface area contributed by atoms with Gasteiger partial charge in [-0.3, -0.25) is 0 Å². The van der Waals surface area contributed by atoms with Crippen molar-refractivity contribution < 1.29 is 13.9 Å². The molecule has 3 rings (SSSR count). The van der Waals surface area contributed by atoms with E-state index in [1.54, 1.807) is 6.07 Å². The Bertz CT molecular complexity index is 590. The molecule has 2 heterocycles. The average molecular weight is 294 g/mol. The molecule has 1 aliphatic heterocycles. The summed E-state index contributed by atoms with van der Waals surface area (Å²) in [5.41, 5.74) is 6.25. The fraction of sp³-hybridized carbons (Fsp3) is 0.571. The summed E-state index contributed by atoms with van der Waals surface area (Å²) in [6.07, 6.45) is 1.29. The second kappa shape index (κ2) is 4.92. The van der Waals surface area contributed by atoms with Crippen LogP contribution in [0.3, 0.4) is 0 Å². The van der Waals surface area contributed by atoms with Gasteiger partial charge in [0.05, 0.1) is 0 Å². The maximum Gasteiger partial charge on any atom is 0.225 e. The average Bonchev–Trinajstić information content (AvgIpc) is 2.82. The molecule has 0 spiro atoms. The summed E-state index contributed by atoms with van der Waals surface area (Å²) in [4.78, 5) is 8.09. The Labute approximate surface area is 122 Å². The Morgan fingerprint density at radius 3 is 2.86 bits per heavy atom. The Morgan fingerprint density at radius 1 is 1.43 bits per heavy atom. The molecule has 3 N–H and O–H groups in total. The van der Waals surface area contributed by atoms with Crippen molar-refractivity contribution in [3.63, 3.8) is 0 Å². The normalized spacial score (nSPS) is 30.6. The maximum absolute atomic E-state index is 14.6. The molecule has 7 heteroatoms. The van der Waals surface area contributed by atoms with Gasteiger partial charge in [-0.15, -0.1) is 0 Å². The molecule has 1 fully saturated rings. The monoisotopic (exact) mass is 294 g/mol. The van der Waals surface area contributed by atoms with Crippen molar-refractivity contribution in [3.05, 3.63) is 23.7 Å². The van der Waals surface area contributed by atoms with Crippen LogP contribution in [0.1, 0.15) is 27.2 Å². The van der Waals surface area contributed by atoms with Gasteiger partial charge in [-0.05, 0) is 31.9 Å². The van der Waals surface area contributed by atoms with Gasteiger partial charge in [0.15, 0.2) is 5.79 Å². The molecule has 0 amide bonds. The standard InChI is InChI=1S/C14H19FN4O2/c1-4-7-9(15)10(12-11(7)20-14(2,3)21-12)19-13-17-6-5-8(16)18-13/h5-6,10-12H,4H2,1-3H3,(H3,16,17,18,19)/t10-,11-,12+/m1/s1. The quantitative estimate of drug-likeness (QED) is 0.887. The van der Waals surface area contributed by atoms with Crippen LogP contribution in [0.25, 0.3) is 0 Å². The molecule has 0 saturated carbocycles. The molecule has 3 atom stereocenters. The van der Waals surface area contributed by atoms with Crippen molar-refractivity contribution in [3.8, 4) is 0 Å². The van der Waals surface area contributed by atoms with Crippen LogP contribution in [0.2, 0.25) is 0 Å². The molecular formula is C14H19FN4O2. The molecule has 0 aromatic carbocycles. The fourth-order valence-electron chi connectivity index (χ4n) is 2.88. The minimum atomic E-state index is -0.729. The van der Waals surface area contributed by atoms with E-state index < -0.39 is 17.9 Å². The lowest BCUT2D eigenvalue weighted by Crippen LogP contribution is -2.36. The number of ether oxygens (including phenoxy) is 2. The highest BCUT2D eigenvalue weighted by atomic mass is 19.1. The SMILES string of the molecule is CCC1=C(F)[C@@H](Nc2nccc(N)n2)[C@@H]2OC(C)(C)O[C@H]12. The van der Waals surface area contributed by atoms with Gasteiger partial charge in [-0.1, -0.05) is 6.92 Å². The van der Waals surface area contributed by atoms with E-state index in [0.717, 1.165) is 0 Å². The van der Waals surface area contributed by atoms with Crippen LogP contribution in [0.15, 0.2) is 23.7 Å². The highest BCUT2D eigenvalue weighted by Crippen LogP contribution is 2.43. The molecule has 1 aromatic rings. The summed E-state index contributed by atoms with van der Waals surface area (Å²) in [6, 6.07) is 0.915. The third-order valence-electron chi connectivity index (χ3n) is 3.72. The Kier molecular flexibility index (Phi) is 3.33. The Morgan fingerprint density at radius 2 is 2.19 bits per heavy atom. The fourth-order valence-corrected chi connectivity index (χ4v) is 2.88. The number of rotatable bonds is 3. The highest BCUT2D eigenvalue weighted by Gasteiger charge is 2.53. The van der Waals surface area contributed by atoms with Gasteiger partial charge in [0, 0.05) is 6.20 Å². The van der Waals surface area contributed by atoms with Crippen LogP contribution in [-0.4, -0.2) is 34.0 Å². The molecule has 21 heavy (non-hydrogen) atoms. The van der Waals surface area contributed by atoms with Gasteiger partial charge in [0.1, 0.15) is 29.9 Å². The van der Waals surface area contributed by atoms with Crippen LogP contribution in [-0.2, 0) is 9.47 Å². The van der Waals surface area contributed by atoms with Crippen molar-refractivity contribution in [2.75, 3.05) is 11.1 Å². The first kappa shape index (κ1) is 14.2. The number of nitrogens with zero attached hydrogens (tertiary/aromatic N) is 2. The van der Waals surface area contributed by atoms with E-state index in [2.05, 4.69) is 15.3 Å². The first-order chi connectivity index (χ1) is 9.91. The molecule has 1 aliphatic carbocycles. The van der Waals surface area contributed by atoms with E-state index in [0.29, 0.717) is 17.8 Å². The summed E-state index contributed by atoms with van der Waals surface area (Å²) in [5.74, 6) is -0.382. The van der Waals surface area contributed by atoms with E-state index in [1.165, 1.54) is 6.20 Å². The summed E-state index contributed by atoms with van der Waals surface area (Å²) >= 11 is 0. The predicted octanol–water partition coefficient (Wildman–Crippen LogP) is 2.01. The van der Waals surface area contributed by atoms with Gasteiger partial charge < -0.3 is 20.5 Å². The molecule has 6 nitrogen and oxygen atoms in total. The van der Waals surface area contributed by atoms with Crippen LogP contribution in [0.4, 0.5) is 16.2 Å². The second-order valence-electron chi connectivity index (χ2n) is 5.67. The maximum atomic E-state index is 14.6. The number of nitrogens with one attached hydrogen (secondary N) is 1. The van der Waals surface area contributed by atoms with Crippen molar-refractivity contribution in [2.24, 2.45) is 0 Å². The van der Waals surface area contributed by atoms with Gasteiger partial charge in [-0.2, -0.15) is 4.98 Å². The van der Waals surface area contributed by atoms with Crippen LogP contribution in [0.5, 0.6) is 0 Å². The predicted molar refractivity (Wildman–Crippen MR) is 76.1 cm³/mol. The summed E-state index contributed by atoms with van der Waals surface area (Å²) in [5, 5.41) is 2.96. The minimum Gasteiger partial charge on any atom is -0.384 e. The van der Waals surface area contributed by atoms with Gasteiger partial charge in [-0.25, -0.2) is 9.37 Å². The number of hydrogen-bond donors (Lipinski definition) is 2. The van der Waals surface area contributed by atoms with Crippen molar-refractivity contribution in [2.45, 2.75) is 51.2 Å². The molecule has 2 aliphatic rings. The minimum absolute atomic E-state index is 0.256. The lowest BCUT2D eigenvalue weighted by molar-refractivity contribution is -0.146. The first-order valence-electron chi connectivity index (χ1n) is 7.00. The zero-order chi connectivity index (χ0) is 15.2. The van der Waals surface area contributed by atoms with E-state index >= 15 is 0 Å². The van der Waals surface area contributed by atoms with Gasteiger partial charge >= 0.3 is 0 Å². The Hall–Kier alpha value is -1.73. The molecule has 0 radical (unpaired) electrons. The van der Waals surface area contributed by atoms with Crippen LogP contribution >= 0.6 is 0 Å². The topological polar surface area (TPSA) is 82.3 Å². The number of nitrogen functional groups attached to an aromatic ring is 1. The number of hydrogen-bond acceptors (Lipinski definition) is 6. The highest BCUT2D eigenvalue weighted by molar-refractivity contribution is 5.42. The molecule has 114 valence electrons. The third kappa shape index (κ3) is 2.47. The van der Waals surface area contributed by atoms with Crippen LogP contribution < -0.4 is 11.1 Å². The summed E-state index contributed by atoms with van der Waals surface area (Å²) in [6.45, 7) is 5.55. The molecule has 1 aromatic heterocycles. The van der Waals surface area contributed by atoms with Crippen molar-refractivity contribution in [1.82, 2.24) is 9.97 Å². The molecule has 0 unspecified atom stereocenters. The summed E-state index contributed by atoms with van der Waals surface area (Å²) in [7, 11) is 0. The molecular weight excluding hydrogens is 275 g/mol. The second-order valence-corrected chi connectivity index (χ2v) is 5.67. The van der Waals surface area contributed by atoms with Crippen molar-refractivity contribution >= 4 is 11.8 Å². The van der Waals surface area contributed by atoms with Gasteiger partial charge in [0.25, 0.3) is 0 Å². The summed E-state index contributed by atoms with van der Waals surface area (Å²) < 4.78 is 26.2. The van der Waals surface area contributed by atoms with Crippen molar-refractivity contribution in [1.29, 1.82) is 0 Å². The van der Waals surface area contributed by atoms with E-state index in [1.807, 2.05) is 20.8 Å². The number of nitrogens with two attached hydrogens (primary N) is 1. The largest absolute Gasteiger partial charge is 0.384 e. The number of halogens is 1. The first-order valence-corrected chi connectivity index (χ1v) is 7.00. The van der Waals surface area contributed by atoms with Gasteiger partial charge in [0.2, 0.25) is 5.95 Å². The smallest absolute Gasteiger partial charge is 0.225 e. The van der Waals surface area contributed by atoms with Crippen LogP contribution in [0, 0.1) is 0 Å². The number of fused-ring (bicyclic) bond motifs is 1. The molecule has 0 bridgehead atoms. The number of anilines is 2. The van der Waals surface area contributed by atoms with E-state index in [9.17, 15) is 4.39 Å². The van der Waals surface area contributed by atoms with E-state index in [-0.39, 0.29) is 17.9 Å². The Balaban J connectivity index is 1.89. The number of aromatic nitrogens is 2. The zero-order valence-corrected chi connectivity index (χ0v) is 12.3.